The molecule has 116 valence electrons. The van der Waals surface area contributed by atoms with Crippen molar-refractivity contribution in [2.75, 3.05) is 19.6 Å². The van der Waals surface area contributed by atoms with Crippen molar-refractivity contribution in [3.63, 3.8) is 0 Å². The van der Waals surface area contributed by atoms with E-state index in [0.717, 1.165) is 44.6 Å². The van der Waals surface area contributed by atoms with Gasteiger partial charge in [-0.15, -0.1) is 0 Å². The van der Waals surface area contributed by atoms with Crippen LogP contribution in [0.4, 0.5) is 0 Å². The summed E-state index contributed by atoms with van der Waals surface area (Å²) in [5, 5.41) is 0. The molecular formula is C17H27N3O. The van der Waals surface area contributed by atoms with Crippen molar-refractivity contribution in [3.05, 3.63) is 35.4 Å². The van der Waals surface area contributed by atoms with Crippen LogP contribution in [0.25, 0.3) is 0 Å². The van der Waals surface area contributed by atoms with Crippen molar-refractivity contribution in [1.82, 2.24) is 9.80 Å². The molecule has 2 N–H and O–H groups in total. The van der Waals surface area contributed by atoms with Crippen molar-refractivity contribution < 1.29 is 4.79 Å². The van der Waals surface area contributed by atoms with Gasteiger partial charge in [0.05, 0.1) is 6.04 Å². The van der Waals surface area contributed by atoms with Gasteiger partial charge in [0, 0.05) is 26.2 Å². The molecule has 1 saturated heterocycles. The number of amides is 1. The zero-order valence-electron chi connectivity index (χ0n) is 13.2. The molecule has 1 aromatic rings. The van der Waals surface area contributed by atoms with Gasteiger partial charge < -0.3 is 10.6 Å². The van der Waals surface area contributed by atoms with E-state index in [9.17, 15) is 4.79 Å². The summed E-state index contributed by atoms with van der Waals surface area (Å²) in [6, 6.07) is 8.16. The molecule has 0 spiro atoms. The Hall–Kier alpha value is -1.39. The maximum Gasteiger partial charge on any atom is 0.239 e. The number of carbonyl (C=O) groups is 1. The van der Waals surface area contributed by atoms with Crippen LogP contribution in [-0.4, -0.2) is 41.4 Å². The zero-order valence-corrected chi connectivity index (χ0v) is 13.2. The highest BCUT2D eigenvalue weighted by atomic mass is 16.2. The molecule has 4 nitrogen and oxygen atoms in total. The van der Waals surface area contributed by atoms with E-state index in [-0.39, 0.29) is 11.9 Å². The first kappa shape index (κ1) is 16.0. The second-order valence-electron chi connectivity index (χ2n) is 5.74. The van der Waals surface area contributed by atoms with Crippen LogP contribution in [0.3, 0.4) is 0 Å². The first-order valence-electron chi connectivity index (χ1n) is 7.97. The Kier molecular flexibility index (Phi) is 5.76. The molecule has 1 aromatic carbocycles. The second-order valence-corrected chi connectivity index (χ2v) is 5.74. The van der Waals surface area contributed by atoms with Gasteiger partial charge in [-0.2, -0.15) is 0 Å². The number of nitrogens with zero attached hydrogens (tertiary/aromatic N) is 2. The van der Waals surface area contributed by atoms with E-state index in [1.807, 2.05) is 24.0 Å². The third-order valence-corrected chi connectivity index (χ3v) is 4.44. The molecule has 1 atom stereocenters. The number of nitrogens with two attached hydrogens (primary N) is 1. The Morgan fingerprint density at radius 1 is 1.29 bits per heavy atom. The second kappa shape index (κ2) is 7.57. The molecule has 1 unspecified atom stereocenters. The van der Waals surface area contributed by atoms with E-state index in [4.69, 9.17) is 5.73 Å². The first-order chi connectivity index (χ1) is 10.2. The molecule has 1 aliphatic rings. The third kappa shape index (κ3) is 3.83. The predicted molar refractivity (Wildman–Crippen MR) is 85.7 cm³/mol. The molecule has 0 aromatic heterocycles. The van der Waals surface area contributed by atoms with Crippen LogP contribution >= 0.6 is 0 Å². The van der Waals surface area contributed by atoms with E-state index in [2.05, 4.69) is 24.0 Å². The van der Waals surface area contributed by atoms with Gasteiger partial charge in [-0.3, -0.25) is 9.69 Å². The van der Waals surface area contributed by atoms with Gasteiger partial charge in [-0.05, 0) is 37.4 Å². The van der Waals surface area contributed by atoms with E-state index in [0.29, 0.717) is 6.54 Å². The molecule has 1 amide bonds. The number of likely N-dealkylation sites (N-methyl/N-ethyl adjacent to an activating group) is 1. The lowest BCUT2D eigenvalue weighted by molar-refractivity contribution is -0.135. The van der Waals surface area contributed by atoms with Crippen LogP contribution in [0.5, 0.6) is 0 Å². The largest absolute Gasteiger partial charge is 0.341 e. The van der Waals surface area contributed by atoms with Crippen molar-refractivity contribution in [2.45, 2.75) is 45.8 Å². The van der Waals surface area contributed by atoms with Gasteiger partial charge in [0.25, 0.3) is 0 Å². The van der Waals surface area contributed by atoms with Crippen molar-refractivity contribution in [1.29, 1.82) is 0 Å². The summed E-state index contributed by atoms with van der Waals surface area (Å²) >= 11 is 0. The summed E-state index contributed by atoms with van der Waals surface area (Å²) in [6.07, 6.45) is 2.28. The van der Waals surface area contributed by atoms with Crippen LogP contribution in [0.2, 0.25) is 0 Å². The lowest BCUT2D eigenvalue weighted by atomic mass is 10.1. The van der Waals surface area contributed by atoms with Gasteiger partial charge >= 0.3 is 0 Å². The Morgan fingerprint density at radius 3 is 2.48 bits per heavy atom. The summed E-state index contributed by atoms with van der Waals surface area (Å²) in [7, 11) is 0. The normalized spacial score (nSPS) is 16.5. The molecule has 0 aliphatic carbocycles. The fraction of sp³-hybridized carbons (Fsp3) is 0.588. The summed E-state index contributed by atoms with van der Waals surface area (Å²) in [5.74, 6) is 0.263. The smallest absolute Gasteiger partial charge is 0.239 e. The third-order valence-electron chi connectivity index (χ3n) is 4.44. The Bertz CT molecular complexity index is 469. The Morgan fingerprint density at radius 2 is 1.90 bits per heavy atom. The minimum Gasteiger partial charge on any atom is -0.341 e. The Labute approximate surface area is 127 Å². The minimum absolute atomic E-state index is 0.0704. The summed E-state index contributed by atoms with van der Waals surface area (Å²) < 4.78 is 0. The lowest BCUT2D eigenvalue weighted by Gasteiger charge is -2.30. The van der Waals surface area contributed by atoms with Crippen molar-refractivity contribution in [3.8, 4) is 0 Å². The SMILES string of the molecule is CCN(Cc1ccccc1CN)C(C)C(=O)N1CCCC1. The van der Waals surface area contributed by atoms with Crippen LogP contribution in [-0.2, 0) is 17.9 Å². The van der Waals surface area contributed by atoms with Crippen molar-refractivity contribution in [2.24, 2.45) is 5.73 Å². The number of hydrogen-bond acceptors (Lipinski definition) is 3. The van der Waals surface area contributed by atoms with E-state index in [1.54, 1.807) is 0 Å². The van der Waals surface area contributed by atoms with E-state index >= 15 is 0 Å². The van der Waals surface area contributed by atoms with Crippen molar-refractivity contribution >= 4 is 5.91 Å². The number of benzene rings is 1. The average Bonchev–Trinajstić information content (AvgIpc) is 3.06. The van der Waals surface area contributed by atoms with Gasteiger partial charge in [0.1, 0.15) is 0 Å². The molecule has 4 heteroatoms. The number of carbonyl (C=O) groups excluding carboxylic acids is 1. The highest BCUT2D eigenvalue weighted by Crippen LogP contribution is 2.16. The van der Waals surface area contributed by atoms with Gasteiger partial charge in [-0.25, -0.2) is 0 Å². The van der Waals surface area contributed by atoms with Gasteiger partial charge in [0.15, 0.2) is 0 Å². The monoisotopic (exact) mass is 289 g/mol. The molecule has 1 heterocycles. The van der Waals surface area contributed by atoms with Gasteiger partial charge in [-0.1, -0.05) is 31.2 Å². The fourth-order valence-corrected chi connectivity index (χ4v) is 3.01. The molecule has 2 rings (SSSR count). The molecule has 1 aliphatic heterocycles. The molecule has 0 radical (unpaired) electrons. The summed E-state index contributed by atoms with van der Waals surface area (Å²) in [5.41, 5.74) is 8.20. The van der Waals surface area contributed by atoms with Crippen LogP contribution < -0.4 is 5.73 Å². The lowest BCUT2D eigenvalue weighted by Crippen LogP contribution is -2.46. The number of likely N-dealkylation sites (tertiary alicyclic amines) is 1. The maximum atomic E-state index is 12.5. The molecule has 21 heavy (non-hydrogen) atoms. The first-order valence-corrected chi connectivity index (χ1v) is 7.97. The fourth-order valence-electron chi connectivity index (χ4n) is 3.01. The molecular weight excluding hydrogens is 262 g/mol. The molecule has 0 bridgehead atoms. The minimum atomic E-state index is -0.0704. The number of hydrogen-bond donors (Lipinski definition) is 1. The predicted octanol–water partition coefficient (Wildman–Crippen LogP) is 1.98. The van der Waals surface area contributed by atoms with E-state index < -0.39 is 0 Å². The highest BCUT2D eigenvalue weighted by molar-refractivity contribution is 5.81. The number of rotatable bonds is 6. The average molecular weight is 289 g/mol. The molecule has 0 saturated carbocycles. The van der Waals surface area contributed by atoms with Gasteiger partial charge in [0.2, 0.25) is 5.91 Å². The Balaban J connectivity index is 2.06. The topological polar surface area (TPSA) is 49.6 Å². The highest BCUT2D eigenvalue weighted by Gasteiger charge is 2.27. The standard InChI is InChI=1S/C17H27N3O/c1-3-19(13-16-9-5-4-8-15(16)12-18)14(2)17(21)20-10-6-7-11-20/h4-5,8-9,14H,3,6-7,10-13,18H2,1-2H3. The summed E-state index contributed by atoms with van der Waals surface area (Å²) in [4.78, 5) is 16.8. The van der Waals surface area contributed by atoms with Crippen LogP contribution in [0, 0.1) is 0 Å². The molecule has 1 fully saturated rings. The summed E-state index contributed by atoms with van der Waals surface area (Å²) in [6.45, 7) is 8.15. The zero-order chi connectivity index (χ0) is 15.2. The van der Waals surface area contributed by atoms with E-state index in [1.165, 1.54) is 5.56 Å². The maximum absolute atomic E-state index is 12.5. The van der Waals surface area contributed by atoms with Crippen LogP contribution in [0.1, 0.15) is 37.8 Å². The van der Waals surface area contributed by atoms with Crippen LogP contribution in [0.15, 0.2) is 24.3 Å². The quantitative estimate of drug-likeness (QED) is 0.871.